The van der Waals surface area contributed by atoms with Gasteiger partial charge < -0.3 is 9.90 Å². The van der Waals surface area contributed by atoms with Crippen LogP contribution in [-0.4, -0.2) is 17.4 Å². The number of aliphatic carboxylic acids is 1. The van der Waals surface area contributed by atoms with Crippen molar-refractivity contribution in [1.29, 1.82) is 0 Å². The molecule has 0 fully saturated rings. The van der Waals surface area contributed by atoms with E-state index in [2.05, 4.69) is 11.8 Å². The molecule has 82 valence electrons. The summed E-state index contributed by atoms with van der Waals surface area (Å²) in [6.07, 6.45) is 0.456. The molecule has 4 heteroatoms. The van der Waals surface area contributed by atoms with Gasteiger partial charge in [0, 0.05) is 5.56 Å². The van der Waals surface area contributed by atoms with Crippen molar-refractivity contribution in [3.8, 4) is 11.8 Å². The van der Waals surface area contributed by atoms with Crippen LogP contribution in [0, 0.1) is 17.7 Å². The van der Waals surface area contributed by atoms with Gasteiger partial charge in [-0.1, -0.05) is 17.9 Å². The lowest BCUT2D eigenvalue weighted by Crippen LogP contribution is -2.02. The third-order valence-corrected chi connectivity index (χ3v) is 1.82. The van der Waals surface area contributed by atoms with Gasteiger partial charge in [-0.3, -0.25) is 4.79 Å². The van der Waals surface area contributed by atoms with Crippen LogP contribution in [0.3, 0.4) is 0 Å². The summed E-state index contributed by atoms with van der Waals surface area (Å²) in [6.45, 7) is 0. The van der Waals surface area contributed by atoms with Crippen molar-refractivity contribution in [1.82, 2.24) is 0 Å². The van der Waals surface area contributed by atoms with Gasteiger partial charge in [0.1, 0.15) is 12.1 Å². The van der Waals surface area contributed by atoms with E-state index in [1.807, 2.05) is 0 Å². The SMILES string of the molecule is O=CCC#Cc1cc(F)ccc1CC(=O)O. The first-order valence-electron chi connectivity index (χ1n) is 4.56. The zero-order chi connectivity index (χ0) is 12.0. The molecule has 0 aliphatic carbocycles. The van der Waals surface area contributed by atoms with E-state index in [0.29, 0.717) is 17.4 Å². The number of hydrogen-bond donors (Lipinski definition) is 1. The molecule has 1 aromatic carbocycles. The monoisotopic (exact) mass is 220 g/mol. The van der Waals surface area contributed by atoms with Gasteiger partial charge in [-0.05, 0) is 17.7 Å². The number of carbonyl (C=O) groups excluding carboxylic acids is 1. The highest BCUT2D eigenvalue weighted by molar-refractivity contribution is 5.71. The molecule has 0 aliphatic heterocycles. The Labute approximate surface area is 91.9 Å². The van der Waals surface area contributed by atoms with Crippen LogP contribution in [0.2, 0.25) is 0 Å². The van der Waals surface area contributed by atoms with Gasteiger partial charge in [0.05, 0.1) is 12.8 Å². The Morgan fingerprint density at radius 1 is 1.50 bits per heavy atom. The number of carboxylic acids is 1. The lowest BCUT2D eigenvalue weighted by Gasteiger charge is -2.01. The molecule has 0 amide bonds. The fourth-order valence-corrected chi connectivity index (χ4v) is 1.17. The standard InChI is InChI=1S/C12H9FO3/c13-11-5-4-10(8-12(15)16)9(7-11)3-1-2-6-14/h4-7H,2,8H2,(H,15,16). The van der Waals surface area contributed by atoms with Crippen molar-refractivity contribution in [2.75, 3.05) is 0 Å². The summed E-state index contributed by atoms with van der Waals surface area (Å²) >= 11 is 0. The average Bonchev–Trinajstić information content (AvgIpc) is 2.22. The summed E-state index contributed by atoms with van der Waals surface area (Å²) in [7, 11) is 0. The number of benzene rings is 1. The van der Waals surface area contributed by atoms with Crippen LogP contribution < -0.4 is 0 Å². The third-order valence-electron chi connectivity index (χ3n) is 1.82. The highest BCUT2D eigenvalue weighted by atomic mass is 19.1. The van der Waals surface area contributed by atoms with E-state index in [1.54, 1.807) is 0 Å². The molecule has 0 saturated heterocycles. The minimum absolute atomic E-state index is 0.0447. The molecular weight excluding hydrogens is 211 g/mol. The molecule has 0 aliphatic rings. The van der Waals surface area contributed by atoms with Crippen LogP contribution in [0.25, 0.3) is 0 Å². The fraction of sp³-hybridized carbons (Fsp3) is 0.167. The predicted octanol–water partition coefficient (Wildman–Crippen LogP) is 1.39. The maximum absolute atomic E-state index is 12.9. The van der Waals surface area contributed by atoms with E-state index in [4.69, 9.17) is 5.11 Å². The number of halogens is 1. The Balaban J connectivity index is 3.04. The summed E-state index contributed by atoms with van der Waals surface area (Å²) in [6, 6.07) is 3.73. The number of carbonyl (C=O) groups is 2. The van der Waals surface area contributed by atoms with E-state index >= 15 is 0 Å². The first-order chi connectivity index (χ1) is 7.63. The van der Waals surface area contributed by atoms with Gasteiger partial charge in [0.25, 0.3) is 0 Å². The van der Waals surface area contributed by atoms with E-state index in [1.165, 1.54) is 12.1 Å². The molecule has 1 rings (SSSR count). The van der Waals surface area contributed by atoms with Crippen LogP contribution in [0.15, 0.2) is 18.2 Å². The molecule has 3 nitrogen and oxygen atoms in total. The smallest absolute Gasteiger partial charge is 0.307 e. The van der Waals surface area contributed by atoms with Crippen LogP contribution in [0.1, 0.15) is 17.5 Å². The molecule has 0 spiro atoms. The second-order valence-electron chi connectivity index (χ2n) is 3.04. The van der Waals surface area contributed by atoms with Crippen LogP contribution in [-0.2, 0) is 16.0 Å². The molecule has 1 aromatic rings. The van der Waals surface area contributed by atoms with Crippen molar-refractivity contribution >= 4 is 12.3 Å². The number of aldehydes is 1. The largest absolute Gasteiger partial charge is 0.481 e. The number of carboxylic acid groups (broad SMARTS) is 1. The molecule has 0 heterocycles. The molecule has 0 atom stereocenters. The van der Waals surface area contributed by atoms with E-state index < -0.39 is 11.8 Å². The maximum atomic E-state index is 12.9. The van der Waals surface area contributed by atoms with Gasteiger partial charge in [-0.15, -0.1) is 0 Å². The molecular formula is C12H9FO3. The predicted molar refractivity (Wildman–Crippen MR) is 55.3 cm³/mol. The fourth-order valence-electron chi connectivity index (χ4n) is 1.17. The Morgan fingerprint density at radius 3 is 2.88 bits per heavy atom. The van der Waals surface area contributed by atoms with Crippen LogP contribution in [0.4, 0.5) is 4.39 Å². The van der Waals surface area contributed by atoms with Gasteiger partial charge in [-0.2, -0.15) is 0 Å². The first kappa shape index (κ1) is 11.9. The molecule has 1 N–H and O–H groups in total. The topological polar surface area (TPSA) is 54.4 Å². The van der Waals surface area contributed by atoms with Crippen LogP contribution >= 0.6 is 0 Å². The minimum Gasteiger partial charge on any atom is -0.481 e. The summed E-state index contributed by atoms with van der Waals surface area (Å²) in [4.78, 5) is 20.6. The molecule has 0 bridgehead atoms. The highest BCUT2D eigenvalue weighted by Gasteiger charge is 2.06. The zero-order valence-electron chi connectivity index (χ0n) is 8.37. The summed E-state index contributed by atoms with van der Waals surface area (Å²) in [5.74, 6) is 3.60. The second-order valence-corrected chi connectivity index (χ2v) is 3.04. The summed E-state index contributed by atoms with van der Waals surface area (Å²) in [5, 5.41) is 8.63. The number of hydrogen-bond acceptors (Lipinski definition) is 2. The molecule has 0 unspecified atom stereocenters. The van der Waals surface area contributed by atoms with Crippen molar-refractivity contribution in [3.63, 3.8) is 0 Å². The minimum atomic E-state index is -1.01. The maximum Gasteiger partial charge on any atom is 0.307 e. The highest BCUT2D eigenvalue weighted by Crippen LogP contribution is 2.11. The molecule has 0 saturated carbocycles. The first-order valence-corrected chi connectivity index (χ1v) is 4.56. The normalized spacial score (nSPS) is 9.06. The van der Waals surface area contributed by atoms with Crippen molar-refractivity contribution in [2.45, 2.75) is 12.8 Å². The quantitative estimate of drug-likeness (QED) is 0.618. The van der Waals surface area contributed by atoms with Crippen molar-refractivity contribution in [2.24, 2.45) is 0 Å². The summed E-state index contributed by atoms with van der Waals surface area (Å²) in [5.41, 5.74) is 0.747. The zero-order valence-corrected chi connectivity index (χ0v) is 8.37. The van der Waals surface area contributed by atoms with Crippen LogP contribution in [0.5, 0.6) is 0 Å². The van der Waals surface area contributed by atoms with Crippen molar-refractivity contribution < 1.29 is 19.1 Å². The average molecular weight is 220 g/mol. The number of rotatable bonds is 3. The van der Waals surface area contributed by atoms with Gasteiger partial charge >= 0.3 is 5.97 Å². The molecule has 16 heavy (non-hydrogen) atoms. The van der Waals surface area contributed by atoms with E-state index in [-0.39, 0.29) is 12.8 Å². The van der Waals surface area contributed by atoms with Gasteiger partial charge in [0.15, 0.2) is 0 Å². The lowest BCUT2D eigenvalue weighted by atomic mass is 10.0. The van der Waals surface area contributed by atoms with Gasteiger partial charge in [-0.25, -0.2) is 4.39 Å². The summed E-state index contributed by atoms with van der Waals surface area (Å²) < 4.78 is 12.9. The Kier molecular flexibility index (Phi) is 4.22. The van der Waals surface area contributed by atoms with E-state index in [9.17, 15) is 14.0 Å². The molecule has 0 radical (unpaired) electrons. The Bertz CT molecular complexity index is 469. The van der Waals surface area contributed by atoms with Crippen molar-refractivity contribution in [3.05, 3.63) is 35.1 Å². The second kappa shape index (κ2) is 5.66. The third kappa shape index (κ3) is 3.54. The Morgan fingerprint density at radius 2 is 2.25 bits per heavy atom. The van der Waals surface area contributed by atoms with E-state index in [0.717, 1.165) is 6.07 Å². The Hall–Kier alpha value is -2.15. The lowest BCUT2D eigenvalue weighted by molar-refractivity contribution is -0.136. The van der Waals surface area contributed by atoms with Gasteiger partial charge in [0.2, 0.25) is 0 Å². The molecule has 0 aromatic heterocycles.